The summed E-state index contributed by atoms with van der Waals surface area (Å²) in [5, 5.41) is 32.5. The number of likely N-dealkylation sites (tertiary alicyclic amines) is 1. The molecule has 5 atom stereocenters. The number of Topliss-reactive ketones (excluding diaryl/α,β-unsaturated/α-hetero) is 1. The quantitative estimate of drug-likeness (QED) is 0.212. The van der Waals surface area contributed by atoms with Crippen molar-refractivity contribution in [3.8, 4) is 0 Å². The zero-order valence-corrected chi connectivity index (χ0v) is 17.4. The van der Waals surface area contributed by atoms with Gasteiger partial charge in [-0.3, -0.25) is 14.6 Å². The SMILES string of the molecule is CC(=O)[C@@H](N)CCCN=C1N=C2C(C[C@H](O)[C@H](O)CN2CCCC[C@H](N)C(=O)O)N1. The number of fused-ring (bicyclic) bond motifs is 1. The molecule has 2 aliphatic rings. The van der Waals surface area contributed by atoms with E-state index < -0.39 is 30.3 Å². The summed E-state index contributed by atoms with van der Waals surface area (Å²) in [6.07, 6.45) is 1.45. The van der Waals surface area contributed by atoms with E-state index >= 15 is 0 Å². The van der Waals surface area contributed by atoms with Gasteiger partial charge in [0.2, 0.25) is 5.96 Å². The van der Waals surface area contributed by atoms with Crippen molar-refractivity contribution in [3.63, 3.8) is 0 Å². The van der Waals surface area contributed by atoms with Crippen LogP contribution in [-0.4, -0.2) is 93.7 Å². The zero-order chi connectivity index (χ0) is 22.3. The minimum Gasteiger partial charge on any atom is -0.480 e. The number of hydrogen-bond acceptors (Lipinski definition) is 8. The molecule has 0 radical (unpaired) electrons. The summed E-state index contributed by atoms with van der Waals surface area (Å²) < 4.78 is 0. The Kier molecular flexibility index (Phi) is 9.15. The fourth-order valence-corrected chi connectivity index (χ4v) is 3.51. The summed E-state index contributed by atoms with van der Waals surface area (Å²) in [6, 6.07) is -1.60. The Balaban J connectivity index is 1.95. The number of amidine groups is 1. The molecule has 0 aromatic heterocycles. The molecular weight excluding hydrogens is 392 g/mol. The number of aliphatic hydroxyl groups is 2. The van der Waals surface area contributed by atoms with Gasteiger partial charge < -0.3 is 37.0 Å². The average molecular weight is 427 g/mol. The van der Waals surface area contributed by atoms with E-state index in [2.05, 4.69) is 15.3 Å². The number of aliphatic hydroxyl groups excluding tert-OH is 2. The van der Waals surface area contributed by atoms with Gasteiger partial charge in [-0.05, 0) is 39.0 Å². The normalized spacial score (nSPS) is 27.1. The van der Waals surface area contributed by atoms with Crippen LogP contribution in [0.3, 0.4) is 0 Å². The number of hydrogen-bond donors (Lipinski definition) is 6. The topological polar surface area (TPSA) is 187 Å². The second kappa shape index (κ2) is 11.3. The van der Waals surface area contributed by atoms with Gasteiger partial charge in [0.25, 0.3) is 0 Å². The monoisotopic (exact) mass is 426 g/mol. The number of carbonyl (C=O) groups is 2. The molecule has 0 aliphatic carbocycles. The molecule has 1 unspecified atom stereocenters. The van der Waals surface area contributed by atoms with E-state index in [1.54, 1.807) is 0 Å². The van der Waals surface area contributed by atoms with Crippen molar-refractivity contribution < 1.29 is 24.9 Å². The second-order valence-corrected chi connectivity index (χ2v) is 7.99. The van der Waals surface area contributed by atoms with Gasteiger partial charge in [-0.1, -0.05) is 0 Å². The van der Waals surface area contributed by atoms with Crippen molar-refractivity contribution in [1.29, 1.82) is 0 Å². The lowest BCUT2D eigenvalue weighted by atomic mass is 10.1. The molecule has 0 saturated carbocycles. The number of aliphatic carboxylic acids is 1. The first kappa shape index (κ1) is 24.2. The smallest absolute Gasteiger partial charge is 0.320 e. The summed E-state index contributed by atoms with van der Waals surface area (Å²) in [6.45, 7) is 2.75. The van der Waals surface area contributed by atoms with Crippen LogP contribution in [0, 0.1) is 0 Å². The van der Waals surface area contributed by atoms with Gasteiger partial charge in [-0.15, -0.1) is 0 Å². The maximum absolute atomic E-state index is 11.2. The van der Waals surface area contributed by atoms with E-state index in [0.717, 1.165) is 0 Å². The Labute approximate surface area is 176 Å². The predicted octanol–water partition coefficient (Wildman–Crippen LogP) is -1.58. The van der Waals surface area contributed by atoms with E-state index in [0.29, 0.717) is 63.4 Å². The van der Waals surface area contributed by atoms with Crippen LogP contribution in [0.25, 0.3) is 0 Å². The maximum Gasteiger partial charge on any atom is 0.320 e. The Morgan fingerprint density at radius 3 is 2.57 bits per heavy atom. The van der Waals surface area contributed by atoms with E-state index in [4.69, 9.17) is 16.6 Å². The summed E-state index contributed by atoms with van der Waals surface area (Å²) in [5.74, 6) is 0.120. The van der Waals surface area contributed by atoms with Crippen LogP contribution in [0.2, 0.25) is 0 Å². The Morgan fingerprint density at radius 1 is 1.20 bits per heavy atom. The molecule has 170 valence electrons. The van der Waals surface area contributed by atoms with Crippen molar-refractivity contribution >= 4 is 23.5 Å². The maximum atomic E-state index is 11.2. The van der Waals surface area contributed by atoms with Crippen LogP contribution in [0.4, 0.5) is 0 Å². The van der Waals surface area contributed by atoms with Gasteiger partial charge in [0.15, 0.2) is 0 Å². The highest BCUT2D eigenvalue weighted by Gasteiger charge is 2.37. The van der Waals surface area contributed by atoms with Gasteiger partial charge in [0, 0.05) is 26.1 Å². The largest absolute Gasteiger partial charge is 0.480 e. The summed E-state index contributed by atoms with van der Waals surface area (Å²) >= 11 is 0. The molecule has 0 aromatic rings. The Hall–Kier alpha value is -2.08. The third-order valence-electron chi connectivity index (χ3n) is 5.46. The van der Waals surface area contributed by atoms with Gasteiger partial charge in [0.1, 0.15) is 17.7 Å². The molecule has 0 amide bonds. The molecule has 1 saturated heterocycles. The Bertz CT molecular complexity index is 670. The van der Waals surface area contributed by atoms with E-state index in [1.807, 2.05) is 4.90 Å². The molecule has 2 heterocycles. The predicted molar refractivity (Wildman–Crippen MR) is 112 cm³/mol. The summed E-state index contributed by atoms with van der Waals surface area (Å²) in [7, 11) is 0. The average Bonchev–Trinajstić information content (AvgIpc) is 3.04. The van der Waals surface area contributed by atoms with Crippen LogP contribution in [0.15, 0.2) is 9.98 Å². The molecule has 8 N–H and O–H groups in total. The number of aliphatic imine (C=N–C) groups is 2. The first-order chi connectivity index (χ1) is 14.2. The lowest BCUT2D eigenvalue weighted by molar-refractivity contribution is -0.138. The molecule has 0 bridgehead atoms. The second-order valence-electron chi connectivity index (χ2n) is 7.99. The number of carbonyl (C=O) groups excluding carboxylic acids is 1. The number of nitrogens with two attached hydrogens (primary N) is 2. The highest BCUT2D eigenvalue weighted by Crippen LogP contribution is 2.19. The highest BCUT2D eigenvalue weighted by molar-refractivity contribution is 6.05. The van der Waals surface area contributed by atoms with Crippen LogP contribution < -0.4 is 16.8 Å². The van der Waals surface area contributed by atoms with Crippen LogP contribution >= 0.6 is 0 Å². The number of rotatable bonds is 11. The zero-order valence-electron chi connectivity index (χ0n) is 17.4. The number of β-amino-alcohol motifs (C(OH)–C–C–N with tert-alkyl or cyclic N) is 1. The highest BCUT2D eigenvalue weighted by atomic mass is 16.4. The summed E-state index contributed by atoms with van der Waals surface area (Å²) in [4.78, 5) is 32.9. The molecule has 11 nitrogen and oxygen atoms in total. The van der Waals surface area contributed by atoms with Gasteiger partial charge >= 0.3 is 5.97 Å². The van der Waals surface area contributed by atoms with E-state index in [9.17, 15) is 19.8 Å². The first-order valence-electron chi connectivity index (χ1n) is 10.4. The molecular formula is C19H34N6O5. The van der Waals surface area contributed by atoms with Crippen molar-refractivity contribution in [2.75, 3.05) is 19.6 Å². The van der Waals surface area contributed by atoms with Gasteiger partial charge in [-0.2, -0.15) is 4.99 Å². The minimum atomic E-state index is -1.02. The number of carboxylic acid groups (broad SMARTS) is 1. The molecule has 30 heavy (non-hydrogen) atoms. The van der Waals surface area contributed by atoms with Crippen molar-refractivity contribution in [3.05, 3.63) is 0 Å². The van der Waals surface area contributed by atoms with Crippen molar-refractivity contribution in [2.45, 2.75) is 75.8 Å². The molecule has 2 rings (SSSR count). The number of ketones is 1. The third-order valence-corrected chi connectivity index (χ3v) is 5.46. The molecule has 0 spiro atoms. The van der Waals surface area contributed by atoms with Gasteiger partial charge in [0.05, 0.1) is 24.3 Å². The fraction of sp³-hybridized carbons (Fsp3) is 0.789. The molecule has 11 heteroatoms. The molecule has 2 aliphatic heterocycles. The lowest BCUT2D eigenvalue weighted by Gasteiger charge is -2.26. The van der Waals surface area contributed by atoms with Crippen molar-refractivity contribution in [2.24, 2.45) is 21.5 Å². The number of nitrogens with one attached hydrogen (secondary N) is 1. The molecule has 0 aromatic carbocycles. The van der Waals surface area contributed by atoms with E-state index in [-0.39, 0.29) is 18.4 Å². The number of carboxylic acids is 1. The third kappa shape index (κ3) is 7.01. The minimum absolute atomic E-state index is 0.0448. The lowest BCUT2D eigenvalue weighted by Crippen LogP contribution is -2.42. The molecule has 1 fully saturated rings. The number of nitrogens with zero attached hydrogens (tertiary/aromatic N) is 3. The summed E-state index contributed by atoms with van der Waals surface area (Å²) in [5.41, 5.74) is 11.3. The first-order valence-corrected chi connectivity index (χ1v) is 10.4. The standard InChI is InChI=1S/C19H34N6O5/c1-11(26)12(20)6-4-7-22-19-23-14-9-15(27)16(28)10-25(17(14)24-19)8-3-2-5-13(21)18(29)30/h12-16,27-28H,2-10,20-21H2,1H3,(H,22,23)(H,29,30)/t12-,13-,14?,15-,16+/m0/s1. The fourth-order valence-electron chi connectivity index (χ4n) is 3.51. The van der Waals surface area contributed by atoms with Crippen LogP contribution in [0.1, 0.15) is 45.4 Å². The van der Waals surface area contributed by atoms with Crippen molar-refractivity contribution in [1.82, 2.24) is 10.2 Å². The van der Waals surface area contributed by atoms with Crippen LogP contribution in [0.5, 0.6) is 0 Å². The Morgan fingerprint density at radius 2 is 1.90 bits per heavy atom. The van der Waals surface area contributed by atoms with E-state index in [1.165, 1.54) is 6.92 Å². The van der Waals surface area contributed by atoms with Crippen LogP contribution in [-0.2, 0) is 9.59 Å². The number of guanidine groups is 1. The number of unbranched alkanes of at least 4 members (excludes halogenated alkanes) is 1. The van der Waals surface area contributed by atoms with Gasteiger partial charge in [-0.25, -0.2) is 0 Å².